The maximum absolute atomic E-state index is 10.9. The summed E-state index contributed by atoms with van der Waals surface area (Å²) >= 11 is 0. The lowest BCUT2D eigenvalue weighted by Crippen LogP contribution is -2.37. The van der Waals surface area contributed by atoms with Gasteiger partial charge in [0.25, 0.3) is 0 Å². The number of aliphatic hydroxyl groups is 1. The van der Waals surface area contributed by atoms with Crippen molar-refractivity contribution in [2.75, 3.05) is 13.1 Å². The highest BCUT2D eigenvalue weighted by molar-refractivity contribution is 5.71. The molecule has 1 atom stereocenters. The smallest absolute Gasteiger partial charge is 0.407 e. The van der Waals surface area contributed by atoms with Gasteiger partial charge in [0.1, 0.15) is 6.61 Å². The summed E-state index contributed by atoms with van der Waals surface area (Å²) in [5.41, 5.74) is 1.93. The number of carbonyl (C=O) groups is 1. The first kappa shape index (κ1) is 12.5. The molecule has 96 valence electrons. The molecule has 2 heterocycles. The SMILES string of the molecule is CC1CN(C(=O)O)CC=C1c1cnc(CO)nc1. The van der Waals surface area contributed by atoms with Crippen molar-refractivity contribution in [3.05, 3.63) is 29.9 Å². The number of rotatable bonds is 2. The van der Waals surface area contributed by atoms with E-state index in [2.05, 4.69) is 9.97 Å². The van der Waals surface area contributed by atoms with Crippen LogP contribution in [0.25, 0.3) is 5.57 Å². The molecule has 0 aliphatic carbocycles. The molecular formula is C12H15N3O3. The van der Waals surface area contributed by atoms with Crippen LogP contribution in [-0.2, 0) is 6.61 Å². The molecule has 1 aromatic heterocycles. The van der Waals surface area contributed by atoms with Gasteiger partial charge in [-0.2, -0.15) is 0 Å². The highest BCUT2D eigenvalue weighted by Crippen LogP contribution is 2.26. The summed E-state index contributed by atoms with van der Waals surface area (Å²) < 4.78 is 0. The Bertz CT molecular complexity index is 470. The molecule has 0 spiro atoms. The Morgan fingerprint density at radius 2 is 2.17 bits per heavy atom. The lowest BCUT2D eigenvalue weighted by Gasteiger charge is -2.29. The van der Waals surface area contributed by atoms with Gasteiger partial charge < -0.3 is 15.1 Å². The Hall–Kier alpha value is -1.95. The van der Waals surface area contributed by atoms with Crippen molar-refractivity contribution >= 4 is 11.7 Å². The summed E-state index contributed by atoms with van der Waals surface area (Å²) in [5, 5.41) is 17.8. The summed E-state index contributed by atoms with van der Waals surface area (Å²) in [5.74, 6) is 0.494. The van der Waals surface area contributed by atoms with Gasteiger partial charge in [-0.1, -0.05) is 13.0 Å². The average molecular weight is 249 g/mol. The second-order valence-electron chi connectivity index (χ2n) is 4.29. The number of aromatic nitrogens is 2. The van der Waals surface area contributed by atoms with Crippen molar-refractivity contribution in [1.29, 1.82) is 0 Å². The van der Waals surface area contributed by atoms with Crippen LogP contribution in [-0.4, -0.2) is 44.3 Å². The monoisotopic (exact) mass is 249 g/mol. The molecule has 1 unspecified atom stereocenters. The Labute approximate surface area is 105 Å². The lowest BCUT2D eigenvalue weighted by molar-refractivity contribution is 0.145. The number of hydrogen-bond donors (Lipinski definition) is 2. The van der Waals surface area contributed by atoms with Crippen LogP contribution >= 0.6 is 0 Å². The van der Waals surface area contributed by atoms with Crippen LogP contribution in [0.3, 0.4) is 0 Å². The van der Waals surface area contributed by atoms with E-state index in [4.69, 9.17) is 10.2 Å². The van der Waals surface area contributed by atoms with Crippen molar-refractivity contribution in [2.24, 2.45) is 5.92 Å². The van der Waals surface area contributed by atoms with Crippen molar-refractivity contribution in [3.8, 4) is 0 Å². The normalized spacial score (nSPS) is 19.6. The van der Waals surface area contributed by atoms with Gasteiger partial charge in [-0.05, 0) is 11.5 Å². The second-order valence-corrected chi connectivity index (χ2v) is 4.29. The van der Waals surface area contributed by atoms with Crippen LogP contribution in [0.15, 0.2) is 18.5 Å². The largest absolute Gasteiger partial charge is 0.465 e. The molecule has 0 saturated carbocycles. The van der Waals surface area contributed by atoms with Crippen LogP contribution in [0.4, 0.5) is 4.79 Å². The number of hydrogen-bond acceptors (Lipinski definition) is 4. The van der Waals surface area contributed by atoms with Gasteiger partial charge in [0.05, 0.1) is 0 Å². The number of nitrogens with zero attached hydrogens (tertiary/aromatic N) is 3. The summed E-state index contributed by atoms with van der Waals surface area (Å²) in [6.45, 7) is 2.65. The van der Waals surface area contributed by atoms with E-state index in [1.165, 1.54) is 4.90 Å². The fourth-order valence-electron chi connectivity index (χ4n) is 2.06. The number of carboxylic acid groups (broad SMARTS) is 1. The summed E-state index contributed by atoms with van der Waals surface area (Å²) in [7, 11) is 0. The molecule has 0 bridgehead atoms. The minimum Gasteiger partial charge on any atom is -0.465 e. The van der Waals surface area contributed by atoms with E-state index in [9.17, 15) is 4.79 Å². The minimum absolute atomic E-state index is 0.110. The molecule has 0 radical (unpaired) electrons. The Morgan fingerprint density at radius 3 is 2.67 bits per heavy atom. The van der Waals surface area contributed by atoms with Gasteiger partial charge in [-0.3, -0.25) is 0 Å². The first-order valence-electron chi connectivity index (χ1n) is 5.72. The molecule has 0 fully saturated rings. The van der Waals surface area contributed by atoms with Gasteiger partial charge in [0.15, 0.2) is 5.82 Å². The van der Waals surface area contributed by atoms with Crippen LogP contribution < -0.4 is 0 Å². The predicted molar refractivity (Wildman–Crippen MR) is 64.7 cm³/mol. The van der Waals surface area contributed by atoms with Crippen molar-refractivity contribution in [1.82, 2.24) is 14.9 Å². The summed E-state index contributed by atoms with van der Waals surface area (Å²) in [4.78, 5) is 20.3. The zero-order valence-corrected chi connectivity index (χ0v) is 10.1. The molecule has 2 rings (SSSR count). The van der Waals surface area contributed by atoms with Gasteiger partial charge in [0.2, 0.25) is 0 Å². The molecule has 1 aromatic rings. The number of amides is 1. The Morgan fingerprint density at radius 1 is 1.50 bits per heavy atom. The van der Waals surface area contributed by atoms with E-state index in [-0.39, 0.29) is 12.5 Å². The van der Waals surface area contributed by atoms with Gasteiger partial charge >= 0.3 is 6.09 Å². The highest BCUT2D eigenvalue weighted by Gasteiger charge is 2.23. The average Bonchev–Trinajstić information content (AvgIpc) is 2.38. The zero-order chi connectivity index (χ0) is 13.1. The summed E-state index contributed by atoms with van der Waals surface area (Å²) in [6, 6.07) is 0. The van der Waals surface area contributed by atoms with E-state index in [0.717, 1.165) is 11.1 Å². The molecule has 2 N–H and O–H groups in total. The summed E-state index contributed by atoms with van der Waals surface area (Å²) in [6.07, 6.45) is 4.32. The van der Waals surface area contributed by atoms with Crippen LogP contribution in [0.1, 0.15) is 18.3 Å². The standard InChI is InChI=1S/C12H15N3O3/c1-8-6-15(12(17)18)3-2-10(8)9-4-13-11(7-16)14-5-9/h2,4-5,8,16H,3,6-7H2,1H3,(H,17,18). The zero-order valence-electron chi connectivity index (χ0n) is 10.1. The second kappa shape index (κ2) is 5.14. The van der Waals surface area contributed by atoms with Crippen LogP contribution in [0.2, 0.25) is 0 Å². The fraction of sp³-hybridized carbons (Fsp3) is 0.417. The molecule has 1 amide bonds. The molecule has 6 heteroatoms. The first-order chi connectivity index (χ1) is 8.61. The maximum Gasteiger partial charge on any atom is 0.407 e. The Kier molecular flexibility index (Phi) is 3.57. The topological polar surface area (TPSA) is 86.6 Å². The van der Waals surface area contributed by atoms with Crippen LogP contribution in [0, 0.1) is 5.92 Å². The predicted octanol–water partition coefficient (Wildman–Crippen LogP) is 0.982. The van der Waals surface area contributed by atoms with Gasteiger partial charge in [-0.25, -0.2) is 14.8 Å². The van der Waals surface area contributed by atoms with Gasteiger partial charge in [0, 0.05) is 31.0 Å². The van der Waals surface area contributed by atoms with E-state index >= 15 is 0 Å². The molecule has 1 aliphatic rings. The third kappa shape index (κ3) is 2.48. The molecule has 1 aliphatic heterocycles. The molecule has 6 nitrogen and oxygen atoms in total. The third-order valence-electron chi connectivity index (χ3n) is 3.01. The van der Waals surface area contributed by atoms with E-state index < -0.39 is 6.09 Å². The molecular weight excluding hydrogens is 234 g/mol. The third-order valence-corrected chi connectivity index (χ3v) is 3.01. The maximum atomic E-state index is 10.9. The fourth-order valence-corrected chi connectivity index (χ4v) is 2.06. The van der Waals surface area contributed by atoms with Gasteiger partial charge in [-0.15, -0.1) is 0 Å². The van der Waals surface area contributed by atoms with Crippen molar-refractivity contribution in [3.63, 3.8) is 0 Å². The molecule has 0 aromatic carbocycles. The van der Waals surface area contributed by atoms with E-state index in [0.29, 0.717) is 18.9 Å². The van der Waals surface area contributed by atoms with Crippen LogP contribution in [0.5, 0.6) is 0 Å². The first-order valence-corrected chi connectivity index (χ1v) is 5.72. The minimum atomic E-state index is -0.899. The molecule has 18 heavy (non-hydrogen) atoms. The lowest BCUT2D eigenvalue weighted by atomic mass is 9.92. The Balaban J connectivity index is 2.20. The van der Waals surface area contributed by atoms with Crippen molar-refractivity contribution < 1.29 is 15.0 Å². The molecule has 0 saturated heterocycles. The number of aliphatic hydroxyl groups excluding tert-OH is 1. The quantitative estimate of drug-likeness (QED) is 0.816. The van der Waals surface area contributed by atoms with E-state index in [1.54, 1.807) is 12.4 Å². The van der Waals surface area contributed by atoms with E-state index in [1.807, 2.05) is 13.0 Å². The van der Waals surface area contributed by atoms with Crippen molar-refractivity contribution in [2.45, 2.75) is 13.5 Å². The highest BCUT2D eigenvalue weighted by atomic mass is 16.4.